The van der Waals surface area contributed by atoms with Crippen LogP contribution in [-0.2, 0) is 11.0 Å². The van der Waals surface area contributed by atoms with Crippen molar-refractivity contribution in [3.05, 3.63) is 17.7 Å². The van der Waals surface area contributed by atoms with Crippen LogP contribution in [0.5, 0.6) is 17.2 Å². The van der Waals surface area contributed by atoms with Gasteiger partial charge in [0.25, 0.3) is 0 Å². The molecule has 2 fully saturated rings. The molecule has 143 valence electrons. The fourth-order valence-corrected chi connectivity index (χ4v) is 3.23. The van der Waals surface area contributed by atoms with Crippen LogP contribution in [0.4, 0.5) is 0 Å². The van der Waals surface area contributed by atoms with Crippen LogP contribution < -0.4 is 14.1 Å². The van der Waals surface area contributed by atoms with Gasteiger partial charge in [-0.3, -0.25) is 0 Å². The molecule has 0 heterocycles. The highest BCUT2D eigenvalue weighted by Crippen LogP contribution is 2.44. The Morgan fingerprint density at radius 1 is 1.04 bits per heavy atom. The first-order valence-corrected chi connectivity index (χ1v) is 12.4. The molecule has 0 unspecified atom stereocenters. The lowest BCUT2D eigenvalue weighted by atomic mass is 10.2. The average Bonchev–Trinajstić information content (AvgIpc) is 3.43. The summed E-state index contributed by atoms with van der Waals surface area (Å²) in [5.74, 6) is 1.68. The number of hydrogen-bond acceptors (Lipinski definition) is 5. The maximum Gasteiger partial charge on any atom is 0.569 e. The Hall–Kier alpha value is -1.18. The van der Waals surface area contributed by atoms with Gasteiger partial charge in [0.15, 0.2) is 25.6 Å². The molecule has 0 aromatic heterocycles. The quantitative estimate of drug-likeness (QED) is 0.654. The van der Waals surface area contributed by atoms with Gasteiger partial charge in [0.1, 0.15) is 0 Å². The predicted molar refractivity (Wildman–Crippen MR) is 104 cm³/mol. The van der Waals surface area contributed by atoms with Gasteiger partial charge in [-0.25, -0.2) is 0 Å². The Balaban J connectivity index is 1.83. The predicted octanol–water partition coefficient (Wildman–Crippen LogP) is 4.20. The smallest absolute Gasteiger partial charge is 0.532 e. The van der Waals surface area contributed by atoms with Crippen molar-refractivity contribution in [2.75, 3.05) is 0 Å². The third-order valence-electron chi connectivity index (χ3n) is 5.29. The lowest BCUT2D eigenvalue weighted by molar-refractivity contribution is 0.258. The molecule has 7 heteroatoms. The van der Waals surface area contributed by atoms with Gasteiger partial charge in [0.2, 0.25) is 0 Å². The van der Waals surface area contributed by atoms with Crippen LogP contribution in [0.25, 0.3) is 0 Å². The van der Waals surface area contributed by atoms with E-state index in [-0.39, 0.29) is 17.2 Å². The molecule has 0 amide bonds. The zero-order valence-electron chi connectivity index (χ0n) is 16.5. The zero-order valence-corrected chi connectivity index (χ0v) is 17.5. The second kappa shape index (κ2) is 7.45. The van der Waals surface area contributed by atoms with Crippen molar-refractivity contribution >= 4 is 16.0 Å². The van der Waals surface area contributed by atoms with Crippen LogP contribution in [0, 0.1) is 0 Å². The Labute approximate surface area is 158 Å². The van der Waals surface area contributed by atoms with Gasteiger partial charge in [0.05, 0.1) is 18.8 Å². The molecule has 0 saturated heterocycles. The Bertz CT molecular complexity index is 600. The molecule has 0 spiro atoms. The fourth-order valence-electron chi connectivity index (χ4n) is 2.27. The molecule has 5 nitrogen and oxygen atoms in total. The molecule has 0 aliphatic heterocycles. The topological polar surface area (TPSA) is 57.2 Å². The van der Waals surface area contributed by atoms with Crippen molar-refractivity contribution in [2.24, 2.45) is 0 Å². The number of benzene rings is 1. The highest BCUT2D eigenvalue weighted by molar-refractivity contribution is 6.74. The lowest BCUT2D eigenvalue weighted by Gasteiger charge is -2.36. The summed E-state index contributed by atoms with van der Waals surface area (Å²) in [5.41, 5.74) is 1.01. The van der Waals surface area contributed by atoms with Crippen LogP contribution in [0.1, 0.15) is 52.0 Å². The van der Waals surface area contributed by atoms with Crippen molar-refractivity contribution in [1.82, 2.24) is 0 Å². The fraction of sp³-hybridized carbons (Fsp3) is 0.684. The van der Waals surface area contributed by atoms with E-state index in [1.165, 1.54) is 0 Å². The van der Waals surface area contributed by atoms with E-state index in [0.29, 0.717) is 31.5 Å². The zero-order chi connectivity index (χ0) is 18.9. The van der Waals surface area contributed by atoms with E-state index in [1.54, 1.807) is 0 Å². The maximum atomic E-state index is 9.16. The van der Waals surface area contributed by atoms with E-state index in [4.69, 9.17) is 23.6 Å². The first kappa shape index (κ1) is 19.6. The van der Waals surface area contributed by atoms with Gasteiger partial charge in [-0.2, -0.15) is 0 Å². The molecule has 26 heavy (non-hydrogen) atoms. The van der Waals surface area contributed by atoms with Gasteiger partial charge in [-0.15, -0.1) is 0 Å². The van der Waals surface area contributed by atoms with E-state index >= 15 is 0 Å². The summed E-state index contributed by atoms with van der Waals surface area (Å²) in [6.45, 7) is 11.7. The molecule has 0 atom stereocenters. The number of hydrogen-bond donors (Lipinski definition) is 1. The van der Waals surface area contributed by atoms with Crippen LogP contribution >= 0.6 is 0 Å². The Morgan fingerprint density at radius 2 is 1.54 bits per heavy atom. The lowest BCUT2D eigenvalue weighted by Crippen LogP contribution is -2.40. The number of ether oxygens (including phenoxy) is 2. The molecule has 2 aliphatic carbocycles. The molecule has 1 aromatic rings. The summed E-state index contributed by atoms with van der Waals surface area (Å²) in [5, 5.41) is 9.31. The summed E-state index contributed by atoms with van der Waals surface area (Å²) in [7, 11) is -1.17. The minimum atomic E-state index is -1.85. The molecule has 1 aromatic carbocycles. The normalized spacial score (nSPS) is 17.8. The third kappa shape index (κ3) is 4.96. The van der Waals surface area contributed by atoms with Crippen molar-refractivity contribution in [3.63, 3.8) is 0 Å². The van der Waals surface area contributed by atoms with Crippen molar-refractivity contribution in [3.8, 4) is 17.2 Å². The van der Waals surface area contributed by atoms with Crippen LogP contribution in [-0.4, -0.2) is 33.2 Å². The monoisotopic (exact) mass is 377 g/mol. The molecular weight excluding hydrogens is 347 g/mol. The molecule has 2 aliphatic rings. The third-order valence-corrected chi connectivity index (χ3v) is 9.77. The van der Waals surface area contributed by atoms with Crippen LogP contribution in [0.2, 0.25) is 18.1 Å². The highest BCUT2D eigenvalue weighted by Gasteiger charge is 2.37. The SMILES string of the molecule is CC(C)(C)[Si](C)(C)OCc1cc(OC2CC2)c(O[B]O)c(OC2CC2)c1. The van der Waals surface area contributed by atoms with Gasteiger partial charge in [0, 0.05) is 0 Å². The molecule has 1 N–H and O–H groups in total. The molecule has 3 rings (SSSR count). The van der Waals surface area contributed by atoms with Gasteiger partial charge >= 0.3 is 7.69 Å². The standard InChI is InChI=1S/C19H30BO5Si/c1-19(2,3)26(4,5)22-12-13-10-16(23-14-6-7-14)18(25-20-21)17(11-13)24-15-8-9-15/h10-11,14-15,21H,6-9,12H2,1-5H3. The minimum absolute atomic E-state index is 0.155. The van der Waals surface area contributed by atoms with Crippen LogP contribution in [0.3, 0.4) is 0 Å². The molecule has 2 saturated carbocycles. The Kier molecular flexibility index (Phi) is 5.61. The largest absolute Gasteiger partial charge is 0.569 e. The van der Waals surface area contributed by atoms with E-state index in [1.807, 2.05) is 12.1 Å². The van der Waals surface area contributed by atoms with Crippen molar-refractivity contribution in [1.29, 1.82) is 0 Å². The van der Waals surface area contributed by atoms with E-state index in [9.17, 15) is 0 Å². The van der Waals surface area contributed by atoms with E-state index < -0.39 is 8.32 Å². The first-order chi connectivity index (χ1) is 12.2. The summed E-state index contributed by atoms with van der Waals surface area (Å²) in [6.07, 6.45) is 4.64. The second-order valence-corrected chi connectivity index (χ2v) is 13.6. The molecule has 1 radical (unpaired) electrons. The van der Waals surface area contributed by atoms with Gasteiger partial charge in [-0.1, -0.05) is 20.8 Å². The van der Waals surface area contributed by atoms with E-state index in [0.717, 1.165) is 31.2 Å². The first-order valence-electron chi connectivity index (χ1n) is 9.46. The maximum absolute atomic E-state index is 9.16. The van der Waals surface area contributed by atoms with Crippen molar-refractivity contribution in [2.45, 2.75) is 83.4 Å². The summed E-state index contributed by atoms with van der Waals surface area (Å²) in [6, 6.07) is 3.90. The highest BCUT2D eigenvalue weighted by atomic mass is 28.4. The minimum Gasteiger partial charge on any atom is -0.532 e. The van der Waals surface area contributed by atoms with Gasteiger partial charge in [-0.05, 0) is 61.5 Å². The average molecular weight is 377 g/mol. The summed E-state index contributed by atoms with van der Waals surface area (Å²) < 4.78 is 23.7. The molecule has 0 bridgehead atoms. The summed E-state index contributed by atoms with van der Waals surface area (Å²) >= 11 is 0. The van der Waals surface area contributed by atoms with Crippen LogP contribution in [0.15, 0.2) is 12.1 Å². The number of rotatable bonds is 9. The Morgan fingerprint density at radius 3 is 1.92 bits per heavy atom. The van der Waals surface area contributed by atoms with E-state index in [2.05, 4.69) is 33.9 Å². The van der Waals surface area contributed by atoms with Crippen molar-refractivity contribution < 1.29 is 23.6 Å². The molecular formula is C19H30BO5Si. The summed E-state index contributed by atoms with van der Waals surface area (Å²) in [4.78, 5) is 0. The second-order valence-electron chi connectivity index (χ2n) is 8.83. The van der Waals surface area contributed by atoms with Gasteiger partial charge < -0.3 is 23.6 Å².